The molecule has 0 aromatic heterocycles. The van der Waals surface area contributed by atoms with Gasteiger partial charge in [-0.2, -0.15) is 0 Å². The molecule has 1 unspecified atom stereocenters. The van der Waals surface area contributed by atoms with Gasteiger partial charge in [-0.15, -0.1) is 0 Å². The first kappa shape index (κ1) is 20.6. The second-order valence-electron chi connectivity index (χ2n) is 8.28. The lowest BCUT2D eigenvalue weighted by atomic mass is 9.77. The fourth-order valence-corrected chi connectivity index (χ4v) is 4.98. The summed E-state index contributed by atoms with van der Waals surface area (Å²) in [4.78, 5) is 13.1. The summed E-state index contributed by atoms with van der Waals surface area (Å²) in [5.74, 6) is 0.808. The Morgan fingerprint density at radius 2 is 1.59 bits per heavy atom. The number of carbonyl (C=O) groups excluding carboxylic acids is 1. The van der Waals surface area contributed by atoms with Gasteiger partial charge in [-0.1, -0.05) is 48.0 Å². The molecule has 0 saturated carbocycles. The lowest BCUT2D eigenvalue weighted by Crippen LogP contribution is -2.33. The van der Waals surface area contributed by atoms with Crippen LogP contribution in [-0.2, 0) is 10.3 Å². The zero-order valence-corrected chi connectivity index (χ0v) is 19.1. The molecule has 2 heterocycles. The van der Waals surface area contributed by atoms with E-state index < -0.39 is 5.60 Å². The van der Waals surface area contributed by atoms with Crippen LogP contribution in [0.3, 0.4) is 0 Å². The molecule has 34 heavy (non-hydrogen) atoms. The fraction of sp³-hybridized carbons (Fsp3) is 0.107. The van der Waals surface area contributed by atoms with Gasteiger partial charge in [0.05, 0.1) is 16.3 Å². The molecule has 168 valence electrons. The van der Waals surface area contributed by atoms with Crippen LogP contribution in [0.1, 0.15) is 34.0 Å². The van der Waals surface area contributed by atoms with Gasteiger partial charge in [-0.25, -0.2) is 4.79 Å². The van der Waals surface area contributed by atoms with Gasteiger partial charge in [0.15, 0.2) is 5.60 Å². The molecule has 0 amide bonds. The molecule has 6 rings (SSSR count). The van der Waals surface area contributed by atoms with Crippen molar-refractivity contribution in [2.45, 2.75) is 12.5 Å². The normalized spacial score (nSPS) is 17.3. The van der Waals surface area contributed by atoms with E-state index in [2.05, 4.69) is 10.6 Å². The number of rotatable bonds is 4. The lowest BCUT2D eigenvalue weighted by Gasteiger charge is -2.37. The quantitative estimate of drug-likeness (QED) is 0.313. The minimum Gasteiger partial charge on any atom is -0.456 e. The van der Waals surface area contributed by atoms with E-state index in [1.54, 1.807) is 12.1 Å². The molecule has 4 aromatic carbocycles. The van der Waals surface area contributed by atoms with Crippen molar-refractivity contribution in [3.05, 3.63) is 112 Å². The zero-order chi connectivity index (χ0) is 23.3. The Kier molecular flexibility index (Phi) is 4.74. The Labute approximate surface area is 202 Å². The van der Waals surface area contributed by atoms with Crippen LogP contribution in [0.5, 0.6) is 11.5 Å². The highest BCUT2D eigenvalue weighted by atomic mass is 35.5. The molecule has 0 saturated heterocycles. The van der Waals surface area contributed by atoms with E-state index in [-0.39, 0.29) is 5.97 Å². The van der Waals surface area contributed by atoms with Crippen LogP contribution in [0.25, 0.3) is 0 Å². The van der Waals surface area contributed by atoms with Crippen molar-refractivity contribution in [2.75, 3.05) is 17.2 Å². The van der Waals surface area contributed by atoms with E-state index in [0.29, 0.717) is 27.8 Å². The molecule has 1 atom stereocenters. The summed E-state index contributed by atoms with van der Waals surface area (Å²) in [6.07, 6.45) is 0. The largest absolute Gasteiger partial charge is 0.456 e. The van der Waals surface area contributed by atoms with Crippen molar-refractivity contribution >= 4 is 34.6 Å². The van der Waals surface area contributed by atoms with E-state index in [0.717, 1.165) is 34.6 Å². The van der Waals surface area contributed by atoms with Crippen LogP contribution in [0.4, 0.5) is 17.1 Å². The molecule has 1 spiro atoms. The maximum atomic E-state index is 13.1. The van der Waals surface area contributed by atoms with E-state index in [1.165, 1.54) is 0 Å². The number of hydrogen-bond acceptors (Lipinski definition) is 5. The molecule has 6 heteroatoms. The summed E-state index contributed by atoms with van der Waals surface area (Å²) in [6, 6.07) is 26.9. The topological polar surface area (TPSA) is 59.6 Å². The number of anilines is 3. The Morgan fingerprint density at radius 3 is 2.41 bits per heavy atom. The first-order valence-corrected chi connectivity index (χ1v) is 11.5. The van der Waals surface area contributed by atoms with Crippen LogP contribution in [0.2, 0.25) is 5.02 Å². The Balaban J connectivity index is 1.59. The van der Waals surface area contributed by atoms with Crippen LogP contribution < -0.4 is 15.4 Å². The standard InChI is InChI=1S/C28H21ClN2O3/c1-2-30-18-12-13-21-25(14-18)33-26-16-23(29)24(31-17-8-4-3-5-9-17)15-22(26)28(21)20-11-7-6-10-19(20)27(32)34-28/h3-16,30-31H,2H2,1H3. The monoisotopic (exact) mass is 468 g/mol. The predicted molar refractivity (Wildman–Crippen MR) is 134 cm³/mol. The molecular weight excluding hydrogens is 448 g/mol. The number of esters is 1. The minimum absolute atomic E-state index is 0.363. The van der Waals surface area contributed by atoms with Crippen LogP contribution in [-0.4, -0.2) is 12.5 Å². The average molecular weight is 469 g/mol. The van der Waals surface area contributed by atoms with Gasteiger partial charge in [-0.05, 0) is 43.3 Å². The van der Waals surface area contributed by atoms with Crippen molar-refractivity contribution in [2.24, 2.45) is 0 Å². The molecule has 4 aromatic rings. The maximum absolute atomic E-state index is 13.1. The van der Waals surface area contributed by atoms with E-state index in [4.69, 9.17) is 21.1 Å². The van der Waals surface area contributed by atoms with Crippen molar-refractivity contribution in [3.8, 4) is 11.5 Å². The molecule has 2 N–H and O–H groups in total. The van der Waals surface area contributed by atoms with Gasteiger partial charge < -0.3 is 20.1 Å². The zero-order valence-electron chi connectivity index (χ0n) is 18.4. The Morgan fingerprint density at radius 1 is 0.824 bits per heavy atom. The summed E-state index contributed by atoms with van der Waals surface area (Å²) in [7, 11) is 0. The lowest BCUT2D eigenvalue weighted by molar-refractivity contribution is 0.0224. The highest BCUT2D eigenvalue weighted by Crippen LogP contribution is 2.57. The Bertz CT molecular complexity index is 1440. The van der Waals surface area contributed by atoms with E-state index in [9.17, 15) is 4.79 Å². The van der Waals surface area contributed by atoms with Crippen molar-refractivity contribution in [1.82, 2.24) is 0 Å². The predicted octanol–water partition coefficient (Wildman–Crippen LogP) is 7.08. The number of fused-ring (bicyclic) bond motifs is 6. The minimum atomic E-state index is -1.14. The van der Waals surface area contributed by atoms with Crippen molar-refractivity contribution in [3.63, 3.8) is 0 Å². The average Bonchev–Trinajstić information content (AvgIpc) is 3.14. The number of ether oxygens (including phenoxy) is 2. The number of nitrogens with one attached hydrogen (secondary N) is 2. The van der Waals surface area contributed by atoms with Gasteiger partial charge in [-0.3, -0.25) is 0 Å². The van der Waals surface area contributed by atoms with Gasteiger partial charge >= 0.3 is 5.97 Å². The molecule has 2 aliphatic rings. The Hall–Kier alpha value is -3.96. The third-order valence-electron chi connectivity index (χ3n) is 6.24. The van der Waals surface area contributed by atoms with Crippen molar-refractivity contribution in [1.29, 1.82) is 0 Å². The van der Waals surface area contributed by atoms with Gasteiger partial charge in [0.25, 0.3) is 0 Å². The van der Waals surface area contributed by atoms with Gasteiger partial charge in [0.1, 0.15) is 11.5 Å². The van der Waals surface area contributed by atoms with Crippen LogP contribution in [0, 0.1) is 0 Å². The smallest absolute Gasteiger partial charge is 0.340 e. The summed E-state index contributed by atoms with van der Waals surface area (Å²) in [5.41, 5.74) is 4.20. The molecule has 0 aliphatic carbocycles. The third kappa shape index (κ3) is 3.05. The van der Waals surface area contributed by atoms with Gasteiger partial charge in [0, 0.05) is 46.7 Å². The maximum Gasteiger partial charge on any atom is 0.340 e. The van der Waals surface area contributed by atoms with Crippen LogP contribution in [0.15, 0.2) is 84.9 Å². The second-order valence-corrected chi connectivity index (χ2v) is 8.69. The molecular formula is C28H21ClN2O3. The van der Waals surface area contributed by atoms with Gasteiger partial charge in [0.2, 0.25) is 0 Å². The SMILES string of the molecule is CCNc1ccc2c(c1)Oc1cc(Cl)c(Nc3ccccc3)cc1C21OC(=O)c2ccccc21. The summed E-state index contributed by atoms with van der Waals surface area (Å²) < 4.78 is 12.6. The summed E-state index contributed by atoms with van der Waals surface area (Å²) in [5, 5.41) is 7.19. The van der Waals surface area contributed by atoms with E-state index >= 15 is 0 Å². The highest BCUT2D eigenvalue weighted by Gasteiger charge is 2.53. The molecule has 0 fully saturated rings. The number of carbonyl (C=O) groups is 1. The third-order valence-corrected chi connectivity index (χ3v) is 6.55. The molecule has 5 nitrogen and oxygen atoms in total. The number of hydrogen-bond donors (Lipinski definition) is 2. The number of para-hydroxylation sites is 1. The first-order valence-electron chi connectivity index (χ1n) is 11.2. The molecule has 0 bridgehead atoms. The molecule has 2 aliphatic heterocycles. The first-order chi connectivity index (χ1) is 16.6. The van der Waals surface area contributed by atoms with Crippen LogP contribution >= 0.6 is 11.6 Å². The molecule has 0 radical (unpaired) electrons. The fourth-order valence-electron chi connectivity index (χ4n) is 4.78. The summed E-state index contributed by atoms with van der Waals surface area (Å²) in [6.45, 7) is 2.81. The number of benzene rings is 4. The summed E-state index contributed by atoms with van der Waals surface area (Å²) >= 11 is 6.68. The number of halogens is 1. The van der Waals surface area contributed by atoms with E-state index in [1.807, 2.05) is 79.7 Å². The highest BCUT2D eigenvalue weighted by molar-refractivity contribution is 6.33. The van der Waals surface area contributed by atoms with Crippen molar-refractivity contribution < 1.29 is 14.3 Å². The second kappa shape index (κ2) is 7.82.